The van der Waals surface area contributed by atoms with Gasteiger partial charge in [0.25, 0.3) is 0 Å². The van der Waals surface area contributed by atoms with Gasteiger partial charge in [0, 0.05) is 18.6 Å². The fourth-order valence-electron chi connectivity index (χ4n) is 2.31. The maximum Gasteiger partial charge on any atom is 0.376 e. The minimum Gasteiger partial charge on any atom is -0.492 e. The number of nitrogens with zero attached hydrogens (tertiary/aromatic N) is 1. The molecular weight excluding hydrogens is 215 g/mol. The van der Waals surface area contributed by atoms with E-state index in [2.05, 4.69) is 0 Å². The molecular formula is C12H19BN2O2. The summed E-state index contributed by atoms with van der Waals surface area (Å²) in [6, 6.07) is 10.0. The van der Waals surface area contributed by atoms with E-state index in [1.165, 1.54) is 0 Å². The Hall–Kier alpha value is -1.04. The molecule has 5 heteroatoms. The zero-order chi connectivity index (χ0) is 12.3. The van der Waals surface area contributed by atoms with Gasteiger partial charge in [-0.3, -0.25) is 0 Å². The Balaban J connectivity index is 1.90. The summed E-state index contributed by atoms with van der Waals surface area (Å²) >= 11 is 0. The van der Waals surface area contributed by atoms with Gasteiger partial charge in [-0.15, -0.1) is 0 Å². The van der Waals surface area contributed by atoms with Crippen molar-refractivity contribution in [3.63, 3.8) is 0 Å². The number of hydrogen-bond acceptors (Lipinski definition) is 4. The van der Waals surface area contributed by atoms with E-state index in [4.69, 9.17) is 10.5 Å². The van der Waals surface area contributed by atoms with E-state index >= 15 is 0 Å². The van der Waals surface area contributed by atoms with Crippen molar-refractivity contribution in [3.8, 4) is 5.75 Å². The summed E-state index contributed by atoms with van der Waals surface area (Å²) in [5.41, 5.74) is 5.91. The highest BCUT2D eigenvalue weighted by Crippen LogP contribution is 2.19. The fraction of sp³-hybridized carbons (Fsp3) is 0.500. The van der Waals surface area contributed by atoms with Crippen molar-refractivity contribution in [3.05, 3.63) is 30.3 Å². The monoisotopic (exact) mass is 234 g/mol. The Morgan fingerprint density at radius 1 is 1.47 bits per heavy atom. The highest BCUT2D eigenvalue weighted by Gasteiger charge is 2.34. The molecule has 92 valence electrons. The highest BCUT2D eigenvalue weighted by atomic mass is 16.5. The molecule has 0 bridgehead atoms. The molecule has 2 rings (SSSR count). The van der Waals surface area contributed by atoms with Crippen LogP contribution in [0.5, 0.6) is 5.75 Å². The van der Waals surface area contributed by atoms with Gasteiger partial charge in [-0.25, -0.2) is 0 Å². The molecule has 0 aromatic heterocycles. The minimum absolute atomic E-state index is 0.133. The van der Waals surface area contributed by atoms with Crippen LogP contribution in [-0.2, 0) is 0 Å². The van der Waals surface area contributed by atoms with Crippen LogP contribution in [0, 0.1) is 0 Å². The van der Waals surface area contributed by atoms with Crippen molar-refractivity contribution in [1.29, 1.82) is 0 Å². The third-order valence-corrected chi connectivity index (χ3v) is 3.15. The van der Waals surface area contributed by atoms with E-state index in [1.807, 2.05) is 35.1 Å². The third kappa shape index (κ3) is 3.22. The second-order valence-electron chi connectivity index (χ2n) is 4.60. The number of ether oxygens (including phenoxy) is 1. The summed E-state index contributed by atoms with van der Waals surface area (Å²) < 4.78 is 5.71. The molecule has 1 heterocycles. The van der Waals surface area contributed by atoms with Gasteiger partial charge < -0.3 is 20.3 Å². The van der Waals surface area contributed by atoms with Crippen LogP contribution >= 0.6 is 0 Å². The molecule has 1 aromatic rings. The number of hydrogen-bond donors (Lipinski definition) is 2. The van der Waals surface area contributed by atoms with Gasteiger partial charge >= 0.3 is 7.05 Å². The standard InChI is InChI=1S/C12H19BN2O2/c1-13(16)15-8-10(14)7-11(15)9-17-12-5-3-2-4-6-12/h2-6,10-11,16H,7-9,14H2,1H3/t10-,11-/m1/s1. The molecule has 0 saturated carbocycles. The SMILES string of the molecule is CB(O)N1C[C@H](N)C[C@@H]1COc1ccccc1. The van der Waals surface area contributed by atoms with Crippen LogP contribution in [0.1, 0.15) is 6.42 Å². The Morgan fingerprint density at radius 2 is 2.18 bits per heavy atom. The first-order valence-corrected chi connectivity index (χ1v) is 6.04. The molecule has 17 heavy (non-hydrogen) atoms. The molecule has 0 aliphatic carbocycles. The van der Waals surface area contributed by atoms with Gasteiger partial charge in [-0.05, 0) is 25.4 Å². The average Bonchev–Trinajstić information content (AvgIpc) is 2.69. The van der Waals surface area contributed by atoms with Crippen molar-refractivity contribution in [1.82, 2.24) is 4.81 Å². The molecule has 2 atom stereocenters. The Bertz CT molecular complexity index is 348. The molecule has 0 unspecified atom stereocenters. The summed E-state index contributed by atoms with van der Waals surface area (Å²) in [6.07, 6.45) is 0.873. The van der Waals surface area contributed by atoms with Crippen LogP contribution in [0.15, 0.2) is 30.3 Å². The lowest BCUT2D eigenvalue weighted by Gasteiger charge is -2.24. The molecule has 1 aromatic carbocycles. The van der Waals surface area contributed by atoms with Crippen LogP contribution in [-0.4, -0.2) is 42.1 Å². The predicted molar refractivity (Wildman–Crippen MR) is 68.9 cm³/mol. The topological polar surface area (TPSA) is 58.7 Å². The van der Waals surface area contributed by atoms with E-state index < -0.39 is 7.05 Å². The molecule has 0 spiro atoms. The lowest BCUT2D eigenvalue weighted by atomic mass is 9.84. The predicted octanol–water partition coefficient (Wildman–Crippen LogP) is 0.577. The molecule has 4 nitrogen and oxygen atoms in total. The largest absolute Gasteiger partial charge is 0.492 e. The van der Waals surface area contributed by atoms with Crippen molar-refractivity contribution in [2.45, 2.75) is 25.3 Å². The van der Waals surface area contributed by atoms with Crippen LogP contribution in [0.3, 0.4) is 0 Å². The first-order valence-electron chi connectivity index (χ1n) is 6.04. The minimum atomic E-state index is -0.465. The average molecular weight is 234 g/mol. The normalized spacial score (nSPS) is 24.9. The molecule has 0 amide bonds. The summed E-state index contributed by atoms with van der Waals surface area (Å²) in [5.74, 6) is 0.860. The number of nitrogens with two attached hydrogens (primary N) is 1. The summed E-state index contributed by atoms with van der Waals surface area (Å²) in [7, 11) is -0.465. The van der Waals surface area contributed by atoms with E-state index in [9.17, 15) is 5.02 Å². The Kier molecular flexibility index (Phi) is 4.04. The van der Waals surface area contributed by atoms with Crippen LogP contribution < -0.4 is 10.5 Å². The summed E-state index contributed by atoms with van der Waals surface area (Å²) in [4.78, 5) is 1.99. The van der Waals surface area contributed by atoms with Crippen molar-refractivity contribution >= 4 is 7.05 Å². The zero-order valence-electron chi connectivity index (χ0n) is 10.1. The molecule has 1 aliphatic heterocycles. The maximum atomic E-state index is 9.65. The Morgan fingerprint density at radius 3 is 2.82 bits per heavy atom. The zero-order valence-corrected chi connectivity index (χ0v) is 10.1. The van der Waals surface area contributed by atoms with Gasteiger partial charge in [-0.1, -0.05) is 18.2 Å². The fourth-order valence-corrected chi connectivity index (χ4v) is 2.31. The van der Waals surface area contributed by atoms with Crippen LogP contribution in [0.25, 0.3) is 0 Å². The lowest BCUT2D eigenvalue weighted by molar-refractivity contribution is 0.219. The van der Waals surface area contributed by atoms with Crippen molar-refractivity contribution in [2.24, 2.45) is 5.73 Å². The van der Waals surface area contributed by atoms with E-state index in [-0.39, 0.29) is 12.1 Å². The van der Waals surface area contributed by atoms with Gasteiger partial charge in [0.15, 0.2) is 0 Å². The maximum absolute atomic E-state index is 9.65. The smallest absolute Gasteiger partial charge is 0.376 e. The highest BCUT2D eigenvalue weighted by molar-refractivity contribution is 6.45. The second-order valence-corrected chi connectivity index (χ2v) is 4.60. The summed E-state index contributed by atoms with van der Waals surface area (Å²) in [5, 5.41) is 9.65. The van der Waals surface area contributed by atoms with E-state index in [0.29, 0.717) is 6.61 Å². The molecule has 1 aliphatic rings. The van der Waals surface area contributed by atoms with E-state index in [0.717, 1.165) is 18.7 Å². The van der Waals surface area contributed by atoms with Gasteiger partial charge in [0.1, 0.15) is 12.4 Å². The number of rotatable bonds is 4. The molecule has 1 fully saturated rings. The number of para-hydroxylation sites is 1. The molecule has 1 saturated heterocycles. The lowest BCUT2D eigenvalue weighted by Crippen LogP contribution is -2.44. The van der Waals surface area contributed by atoms with E-state index in [1.54, 1.807) is 6.82 Å². The van der Waals surface area contributed by atoms with Crippen molar-refractivity contribution < 1.29 is 9.76 Å². The first kappa shape index (κ1) is 12.4. The van der Waals surface area contributed by atoms with Gasteiger partial charge in [0.05, 0.1) is 0 Å². The second kappa shape index (κ2) is 5.53. The molecule has 3 N–H and O–H groups in total. The third-order valence-electron chi connectivity index (χ3n) is 3.15. The van der Waals surface area contributed by atoms with Crippen LogP contribution in [0.4, 0.5) is 0 Å². The van der Waals surface area contributed by atoms with Gasteiger partial charge in [-0.2, -0.15) is 0 Å². The van der Waals surface area contributed by atoms with Crippen molar-refractivity contribution in [2.75, 3.05) is 13.2 Å². The van der Waals surface area contributed by atoms with Gasteiger partial charge in [0.2, 0.25) is 0 Å². The quantitative estimate of drug-likeness (QED) is 0.748. The summed E-state index contributed by atoms with van der Waals surface area (Å²) in [6.45, 7) is 3.08. The number of benzene rings is 1. The Labute approximate surface area is 103 Å². The van der Waals surface area contributed by atoms with Crippen LogP contribution in [0.2, 0.25) is 6.82 Å². The first-order chi connectivity index (χ1) is 8.16. The molecule has 0 radical (unpaired) electrons.